The van der Waals surface area contributed by atoms with Crippen LogP contribution in [0.15, 0.2) is 65.6 Å². The molecule has 7 heteroatoms. The summed E-state index contributed by atoms with van der Waals surface area (Å²) in [7, 11) is -2.35. The minimum Gasteiger partial charge on any atom is -0.322 e. The first kappa shape index (κ1) is 22.4. The van der Waals surface area contributed by atoms with Crippen molar-refractivity contribution in [2.24, 2.45) is 0 Å². The zero-order valence-electron chi connectivity index (χ0n) is 17.8. The molecule has 0 aromatic heterocycles. The van der Waals surface area contributed by atoms with Gasteiger partial charge in [0.1, 0.15) is 0 Å². The van der Waals surface area contributed by atoms with Crippen LogP contribution in [-0.2, 0) is 10.0 Å². The Morgan fingerprint density at radius 1 is 0.774 bits per heavy atom. The molecule has 1 amide bonds. The van der Waals surface area contributed by atoms with Gasteiger partial charge < -0.3 is 5.32 Å². The molecule has 0 fully saturated rings. The van der Waals surface area contributed by atoms with E-state index in [2.05, 4.69) is 10.0 Å². The minimum absolute atomic E-state index is 0.0764. The summed E-state index contributed by atoms with van der Waals surface area (Å²) in [6.45, 7) is 5.43. The van der Waals surface area contributed by atoms with Gasteiger partial charge in [-0.2, -0.15) is 0 Å². The van der Waals surface area contributed by atoms with Crippen LogP contribution in [-0.4, -0.2) is 27.2 Å². The van der Waals surface area contributed by atoms with E-state index in [0.29, 0.717) is 16.8 Å². The molecule has 0 saturated heterocycles. The molecule has 3 rings (SSSR count). The van der Waals surface area contributed by atoms with Gasteiger partial charge in [0.05, 0.1) is 10.5 Å². The minimum atomic E-state index is -3.67. The quantitative estimate of drug-likeness (QED) is 0.571. The van der Waals surface area contributed by atoms with Crippen LogP contribution in [0, 0.1) is 20.8 Å². The maximum atomic E-state index is 13.2. The molecule has 0 unspecified atom stereocenters. The molecule has 3 aromatic carbocycles. The van der Waals surface area contributed by atoms with Gasteiger partial charge in [0, 0.05) is 16.8 Å². The summed E-state index contributed by atoms with van der Waals surface area (Å²) >= 11 is 0. The van der Waals surface area contributed by atoms with Gasteiger partial charge in [0.15, 0.2) is 5.78 Å². The molecular formula is C24H24N2O4S. The molecule has 0 aliphatic rings. The lowest BCUT2D eigenvalue weighted by atomic mass is 9.94. The molecule has 0 aliphatic heterocycles. The number of carbonyl (C=O) groups excluding carboxylic acids is 2. The van der Waals surface area contributed by atoms with E-state index in [-0.39, 0.29) is 21.8 Å². The van der Waals surface area contributed by atoms with Gasteiger partial charge in [-0.3, -0.25) is 9.59 Å². The molecule has 31 heavy (non-hydrogen) atoms. The number of aryl methyl sites for hydroxylation is 3. The van der Waals surface area contributed by atoms with E-state index in [9.17, 15) is 18.0 Å². The van der Waals surface area contributed by atoms with Crippen molar-refractivity contribution in [2.45, 2.75) is 25.7 Å². The first-order valence-electron chi connectivity index (χ1n) is 9.70. The van der Waals surface area contributed by atoms with Gasteiger partial charge in [0.2, 0.25) is 10.0 Å². The highest BCUT2D eigenvalue weighted by Crippen LogP contribution is 2.23. The number of rotatable bonds is 6. The number of sulfonamides is 1. The number of carbonyl (C=O) groups is 2. The van der Waals surface area contributed by atoms with Gasteiger partial charge in [-0.05, 0) is 63.2 Å². The first-order chi connectivity index (χ1) is 14.6. The Hall–Kier alpha value is -3.29. The van der Waals surface area contributed by atoms with Crippen LogP contribution in [0.25, 0.3) is 0 Å². The molecule has 0 saturated carbocycles. The van der Waals surface area contributed by atoms with E-state index in [0.717, 1.165) is 11.1 Å². The summed E-state index contributed by atoms with van der Waals surface area (Å²) in [5.41, 5.74) is 3.69. The van der Waals surface area contributed by atoms with Crippen LogP contribution in [0.2, 0.25) is 0 Å². The number of nitrogens with one attached hydrogen (secondary N) is 2. The van der Waals surface area contributed by atoms with Gasteiger partial charge >= 0.3 is 0 Å². The fraction of sp³-hybridized carbons (Fsp3) is 0.167. The number of anilines is 1. The normalized spacial score (nSPS) is 11.2. The standard InChI is InChI=1S/C24H24N2O4S/c1-15-9-10-16(2)21(13-15)23(27)19-7-5-6-8-20(19)24(28)26-18-12-11-17(3)22(14-18)31(29,30)25-4/h5-14,25H,1-4H3,(H,26,28). The van der Waals surface area contributed by atoms with Gasteiger partial charge in [-0.15, -0.1) is 0 Å². The van der Waals surface area contributed by atoms with Crippen LogP contribution in [0.1, 0.15) is 43.0 Å². The Kier molecular flexibility index (Phi) is 6.38. The van der Waals surface area contributed by atoms with Crippen LogP contribution in [0.4, 0.5) is 5.69 Å². The molecule has 160 valence electrons. The van der Waals surface area contributed by atoms with Crippen molar-refractivity contribution in [1.82, 2.24) is 4.72 Å². The van der Waals surface area contributed by atoms with Crippen LogP contribution in [0.5, 0.6) is 0 Å². The molecule has 0 heterocycles. The van der Waals surface area contributed by atoms with E-state index in [1.54, 1.807) is 49.4 Å². The SMILES string of the molecule is CNS(=O)(=O)c1cc(NC(=O)c2ccccc2C(=O)c2cc(C)ccc2C)ccc1C. The summed E-state index contributed by atoms with van der Waals surface area (Å²) < 4.78 is 26.7. The fourth-order valence-corrected chi connectivity index (χ4v) is 4.27. The highest BCUT2D eigenvalue weighted by molar-refractivity contribution is 7.89. The average molecular weight is 437 g/mol. The van der Waals surface area contributed by atoms with Crippen LogP contribution < -0.4 is 10.0 Å². The summed E-state index contributed by atoms with van der Waals surface area (Å²) in [6, 6.07) is 16.8. The molecule has 6 nitrogen and oxygen atoms in total. The maximum Gasteiger partial charge on any atom is 0.256 e. The first-order valence-corrected chi connectivity index (χ1v) is 11.2. The lowest BCUT2D eigenvalue weighted by Crippen LogP contribution is -2.21. The lowest BCUT2D eigenvalue weighted by Gasteiger charge is -2.13. The second kappa shape index (κ2) is 8.83. The van der Waals surface area contributed by atoms with Crippen molar-refractivity contribution in [2.75, 3.05) is 12.4 Å². The smallest absolute Gasteiger partial charge is 0.256 e. The van der Waals surface area contributed by atoms with Gasteiger partial charge in [-0.1, -0.05) is 42.0 Å². The molecule has 2 N–H and O–H groups in total. The molecule has 0 spiro atoms. The van der Waals surface area contributed by atoms with Crippen molar-refractivity contribution in [1.29, 1.82) is 0 Å². The average Bonchev–Trinajstić information content (AvgIpc) is 2.76. The number of hydrogen-bond donors (Lipinski definition) is 2. The van der Waals surface area contributed by atoms with E-state index in [4.69, 9.17) is 0 Å². The van der Waals surface area contributed by atoms with E-state index >= 15 is 0 Å². The number of benzene rings is 3. The predicted octanol–water partition coefficient (Wildman–Crippen LogP) is 4.00. The van der Waals surface area contributed by atoms with Crippen LogP contribution >= 0.6 is 0 Å². The molecule has 0 aliphatic carbocycles. The Morgan fingerprint density at radius 2 is 1.42 bits per heavy atom. The number of amides is 1. The van der Waals surface area contributed by atoms with Crippen molar-refractivity contribution >= 4 is 27.4 Å². The highest BCUT2D eigenvalue weighted by Gasteiger charge is 2.21. The zero-order valence-corrected chi connectivity index (χ0v) is 18.6. The lowest BCUT2D eigenvalue weighted by molar-refractivity contribution is 0.0996. The van der Waals surface area contributed by atoms with E-state index in [1.165, 1.54) is 13.1 Å². The van der Waals surface area contributed by atoms with Crippen molar-refractivity contribution in [3.63, 3.8) is 0 Å². The van der Waals surface area contributed by atoms with Crippen molar-refractivity contribution in [3.8, 4) is 0 Å². The summed E-state index contributed by atoms with van der Waals surface area (Å²) in [5.74, 6) is -0.736. The Bertz CT molecular complexity index is 1280. The van der Waals surface area contributed by atoms with Gasteiger partial charge in [-0.25, -0.2) is 13.1 Å². The molecule has 3 aromatic rings. The van der Waals surface area contributed by atoms with E-state index in [1.807, 2.05) is 26.0 Å². The molecule has 0 radical (unpaired) electrons. The number of ketones is 1. The Balaban J connectivity index is 1.97. The number of hydrogen-bond acceptors (Lipinski definition) is 4. The third-order valence-corrected chi connectivity index (χ3v) is 6.61. The Morgan fingerprint density at radius 3 is 2.10 bits per heavy atom. The molecule has 0 bridgehead atoms. The Labute approximate surface area is 182 Å². The third-order valence-electron chi connectivity index (χ3n) is 5.06. The van der Waals surface area contributed by atoms with Gasteiger partial charge in [0.25, 0.3) is 5.91 Å². The maximum absolute atomic E-state index is 13.2. The second-order valence-electron chi connectivity index (χ2n) is 7.34. The summed E-state index contributed by atoms with van der Waals surface area (Å²) in [5, 5.41) is 2.71. The topological polar surface area (TPSA) is 92.3 Å². The molecule has 0 atom stereocenters. The van der Waals surface area contributed by atoms with Crippen LogP contribution in [0.3, 0.4) is 0 Å². The van der Waals surface area contributed by atoms with Crippen molar-refractivity contribution < 1.29 is 18.0 Å². The third kappa shape index (κ3) is 4.73. The monoisotopic (exact) mass is 436 g/mol. The highest BCUT2D eigenvalue weighted by atomic mass is 32.2. The van der Waals surface area contributed by atoms with E-state index < -0.39 is 15.9 Å². The predicted molar refractivity (Wildman–Crippen MR) is 121 cm³/mol. The van der Waals surface area contributed by atoms with Crippen molar-refractivity contribution in [3.05, 3.63) is 94.0 Å². The summed E-state index contributed by atoms with van der Waals surface area (Å²) in [6.07, 6.45) is 0. The zero-order chi connectivity index (χ0) is 22.8. The second-order valence-corrected chi connectivity index (χ2v) is 9.19. The fourth-order valence-electron chi connectivity index (χ4n) is 3.28. The summed E-state index contributed by atoms with van der Waals surface area (Å²) in [4.78, 5) is 26.3. The molecular weight excluding hydrogens is 412 g/mol. The largest absolute Gasteiger partial charge is 0.322 e.